The average molecular weight is 341 g/mol. The monoisotopic (exact) mass is 341 g/mol. The normalized spacial score (nSPS) is 12.0. The molecule has 23 heavy (non-hydrogen) atoms. The van der Waals surface area contributed by atoms with Gasteiger partial charge in [0.15, 0.2) is 5.82 Å². The molecule has 4 nitrogen and oxygen atoms in total. The fourth-order valence-corrected chi connectivity index (χ4v) is 3.47. The molecule has 0 saturated carbocycles. The van der Waals surface area contributed by atoms with Crippen LogP contribution in [0.2, 0.25) is 0 Å². The highest BCUT2D eigenvalue weighted by Crippen LogP contribution is 2.28. The Morgan fingerprint density at radius 1 is 1.09 bits per heavy atom. The summed E-state index contributed by atoms with van der Waals surface area (Å²) < 4.78 is 11.6. The Labute approximate surface area is 141 Å². The summed E-state index contributed by atoms with van der Waals surface area (Å²) in [4.78, 5) is 14.4. The van der Waals surface area contributed by atoms with Crippen molar-refractivity contribution < 1.29 is 4.21 Å². The van der Waals surface area contributed by atoms with Crippen LogP contribution in [0.1, 0.15) is 5.69 Å². The topological polar surface area (TPSA) is 55.7 Å². The third-order valence-corrected chi connectivity index (χ3v) is 4.62. The molecule has 3 rings (SSSR count). The third-order valence-electron chi connectivity index (χ3n) is 2.99. The van der Waals surface area contributed by atoms with E-state index in [1.165, 1.54) is 0 Å². The minimum Gasteiger partial charge on any atom is -0.264 e. The molecule has 0 bridgehead atoms. The van der Waals surface area contributed by atoms with Gasteiger partial charge in [0.25, 0.3) is 0 Å². The molecule has 2 aromatic heterocycles. The molecule has 1 atom stereocenters. The Kier molecular flexibility index (Phi) is 5.15. The van der Waals surface area contributed by atoms with Crippen molar-refractivity contribution in [3.8, 4) is 11.4 Å². The lowest BCUT2D eigenvalue weighted by molar-refractivity contribution is 0.685. The number of hydrogen-bond acceptors (Lipinski definition) is 5. The van der Waals surface area contributed by atoms with Gasteiger partial charge in [-0.2, -0.15) is 0 Å². The first kappa shape index (κ1) is 15.8. The molecule has 2 heterocycles. The van der Waals surface area contributed by atoms with Crippen LogP contribution in [0.3, 0.4) is 0 Å². The second-order valence-corrected chi connectivity index (χ2v) is 7.42. The lowest BCUT2D eigenvalue weighted by Crippen LogP contribution is -2.01. The van der Waals surface area contributed by atoms with Crippen LogP contribution in [0.5, 0.6) is 0 Å². The summed E-state index contributed by atoms with van der Waals surface area (Å²) in [5, 5.41) is 0.838. The minimum atomic E-state index is -0.951. The molecule has 0 fully saturated rings. The highest BCUT2D eigenvalue weighted by molar-refractivity contribution is 7.99. The molecular formula is C17H15N3OS2. The van der Waals surface area contributed by atoms with Crippen LogP contribution in [0.4, 0.5) is 0 Å². The zero-order chi connectivity index (χ0) is 16.1. The van der Waals surface area contributed by atoms with E-state index in [1.54, 1.807) is 30.4 Å². The third kappa shape index (κ3) is 4.46. The van der Waals surface area contributed by atoms with Crippen LogP contribution < -0.4 is 0 Å². The maximum Gasteiger partial charge on any atom is 0.162 e. The predicted octanol–water partition coefficient (Wildman–Crippen LogP) is 3.57. The second kappa shape index (κ2) is 7.48. The van der Waals surface area contributed by atoms with Gasteiger partial charge in [0.1, 0.15) is 5.03 Å². The Morgan fingerprint density at radius 3 is 2.61 bits per heavy atom. The SMILES string of the molecule is C[S@@](=O)Cc1cc(Sc2ccccc2)nc(-c2cccnc2)n1. The van der Waals surface area contributed by atoms with Crippen molar-refractivity contribution in [2.45, 2.75) is 15.7 Å². The summed E-state index contributed by atoms with van der Waals surface area (Å²) >= 11 is 1.57. The van der Waals surface area contributed by atoms with Crippen molar-refractivity contribution in [2.75, 3.05) is 6.26 Å². The molecule has 0 aliphatic carbocycles. The summed E-state index contributed by atoms with van der Waals surface area (Å²) in [5.74, 6) is 1.03. The number of pyridine rings is 1. The molecule has 0 spiro atoms. The molecule has 3 aromatic rings. The molecule has 6 heteroatoms. The van der Waals surface area contributed by atoms with Gasteiger partial charge >= 0.3 is 0 Å². The molecule has 0 aliphatic heterocycles. The van der Waals surface area contributed by atoms with Crippen LogP contribution in [-0.2, 0) is 16.6 Å². The van der Waals surface area contributed by atoms with Gasteiger partial charge < -0.3 is 0 Å². The van der Waals surface area contributed by atoms with Crippen LogP contribution in [0, 0.1) is 0 Å². The van der Waals surface area contributed by atoms with Gasteiger partial charge in [0.05, 0.1) is 11.4 Å². The first-order chi connectivity index (χ1) is 11.2. The van der Waals surface area contributed by atoms with Gasteiger partial charge in [-0.1, -0.05) is 30.0 Å². The van der Waals surface area contributed by atoms with E-state index in [9.17, 15) is 4.21 Å². The molecular weight excluding hydrogens is 326 g/mol. The molecule has 0 aliphatic rings. The molecule has 0 radical (unpaired) electrons. The zero-order valence-corrected chi connectivity index (χ0v) is 14.2. The maximum absolute atomic E-state index is 11.6. The fraction of sp³-hybridized carbons (Fsp3) is 0.118. The lowest BCUT2D eigenvalue weighted by Gasteiger charge is -2.07. The molecule has 0 amide bonds. The van der Waals surface area contributed by atoms with E-state index >= 15 is 0 Å². The van der Waals surface area contributed by atoms with Crippen molar-refractivity contribution in [3.05, 3.63) is 66.6 Å². The zero-order valence-electron chi connectivity index (χ0n) is 12.5. The van der Waals surface area contributed by atoms with Gasteiger partial charge in [-0.25, -0.2) is 9.97 Å². The molecule has 1 aromatic carbocycles. The predicted molar refractivity (Wildman–Crippen MR) is 93.6 cm³/mol. The molecule has 116 valence electrons. The summed E-state index contributed by atoms with van der Waals surface area (Å²) in [5.41, 5.74) is 1.63. The average Bonchev–Trinajstić information content (AvgIpc) is 2.56. The van der Waals surface area contributed by atoms with Gasteiger partial charge in [0, 0.05) is 39.9 Å². The maximum atomic E-state index is 11.6. The lowest BCUT2D eigenvalue weighted by atomic mass is 10.2. The fourth-order valence-electron chi connectivity index (χ4n) is 2.04. The minimum absolute atomic E-state index is 0.415. The number of nitrogens with zero attached hydrogens (tertiary/aromatic N) is 3. The quantitative estimate of drug-likeness (QED) is 0.664. The van der Waals surface area contributed by atoms with Crippen molar-refractivity contribution in [2.24, 2.45) is 0 Å². The van der Waals surface area contributed by atoms with Gasteiger partial charge in [-0.05, 0) is 30.3 Å². The van der Waals surface area contributed by atoms with Crippen LogP contribution in [0.15, 0.2) is 70.8 Å². The van der Waals surface area contributed by atoms with Gasteiger partial charge in [-0.3, -0.25) is 9.19 Å². The number of rotatable bonds is 5. The number of hydrogen-bond donors (Lipinski definition) is 0. The van der Waals surface area contributed by atoms with Crippen molar-refractivity contribution in [1.29, 1.82) is 0 Å². The van der Waals surface area contributed by atoms with Gasteiger partial charge in [-0.15, -0.1) is 0 Å². The highest BCUT2D eigenvalue weighted by atomic mass is 32.2. The van der Waals surface area contributed by atoms with E-state index in [0.717, 1.165) is 21.2 Å². The standard InChI is InChI=1S/C17H15N3OS2/c1-23(21)12-14-10-16(22-15-7-3-2-4-8-15)20-17(19-14)13-6-5-9-18-11-13/h2-11H,12H2,1H3/t23-/m1/s1. The van der Waals surface area contributed by atoms with E-state index in [1.807, 2.05) is 48.5 Å². The van der Waals surface area contributed by atoms with E-state index < -0.39 is 10.8 Å². The van der Waals surface area contributed by atoms with E-state index in [-0.39, 0.29) is 0 Å². The summed E-state index contributed by atoms with van der Waals surface area (Å²) in [6, 6.07) is 15.7. The summed E-state index contributed by atoms with van der Waals surface area (Å²) in [6.07, 6.45) is 5.13. The highest BCUT2D eigenvalue weighted by Gasteiger charge is 2.09. The van der Waals surface area contributed by atoms with Crippen molar-refractivity contribution in [1.82, 2.24) is 15.0 Å². The van der Waals surface area contributed by atoms with Crippen molar-refractivity contribution >= 4 is 22.6 Å². The van der Waals surface area contributed by atoms with Crippen LogP contribution in [0.25, 0.3) is 11.4 Å². The molecule has 0 unspecified atom stereocenters. The smallest absolute Gasteiger partial charge is 0.162 e. The molecule has 0 saturated heterocycles. The second-order valence-electron chi connectivity index (χ2n) is 4.90. The summed E-state index contributed by atoms with van der Waals surface area (Å²) in [6.45, 7) is 0. The first-order valence-electron chi connectivity index (χ1n) is 7.02. The molecule has 0 N–H and O–H groups in total. The van der Waals surface area contributed by atoms with Crippen LogP contribution >= 0.6 is 11.8 Å². The Morgan fingerprint density at radius 2 is 1.91 bits per heavy atom. The van der Waals surface area contributed by atoms with E-state index in [0.29, 0.717) is 11.6 Å². The Balaban J connectivity index is 1.99. The van der Waals surface area contributed by atoms with E-state index in [2.05, 4.69) is 15.0 Å². The first-order valence-corrected chi connectivity index (χ1v) is 9.56. The van der Waals surface area contributed by atoms with Crippen molar-refractivity contribution in [3.63, 3.8) is 0 Å². The Bertz CT molecular complexity index is 811. The van der Waals surface area contributed by atoms with E-state index in [4.69, 9.17) is 0 Å². The summed E-state index contributed by atoms with van der Waals surface area (Å²) in [7, 11) is -0.951. The van der Waals surface area contributed by atoms with Crippen LogP contribution in [-0.4, -0.2) is 25.4 Å². The number of benzene rings is 1. The number of aromatic nitrogens is 3. The van der Waals surface area contributed by atoms with Gasteiger partial charge in [0.2, 0.25) is 0 Å². The Hall–Kier alpha value is -2.05. The largest absolute Gasteiger partial charge is 0.264 e.